The number of nitrogens with zero attached hydrogens (tertiary/aromatic N) is 1. The van der Waals surface area contributed by atoms with E-state index in [4.69, 9.17) is 10.5 Å². The van der Waals surface area contributed by atoms with Gasteiger partial charge >= 0.3 is 0 Å². The Balaban J connectivity index is 0.00000312. The van der Waals surface area contributed by atoms with Crippen molar-refractivity contribution in [3.63, 3.8) is 0 Å². The summed E-state index contributed by atoms with van der Waals surface area (Å²) in [5, 5.41) is 0.964. The Hall–Kier alpha value is -1.59. The van der Waals surface area contributed by atoms with E-state index in [1.54, 1.807) is 10.6 Å². The third-order valence-electron chi connectivity index (χ3n) is 3.86. The lowest BCUT2D eigenvalue weighted by atomic mass is 9.96. The van der Waals surface area contributed by atoms with Crippen molar-refractivity contribution in [1.29, 1.82) is 0 Å². The zero-order chi connectivity index (χ0) is 17.9. The van der Waals surface area contributed by atoms with Crippen molar-refractivity contribution >= 4 is 23.2 Å². The van der Waals surface area contributed by atoms with Crippen LogP contribution in [-0.4, -0.2) is 11.2 Å². The fourth-order valence-electron chi connectivity index (χ4n) is 2.76. The molecule has 0 spiro atoms. The molecule has 2 N–H and O–H groups in total. The second kappa shape index (κ2) is 8.68. The molecule has 0 amide bonds. The van der Waals surface area contributed by atoms with E-state index in [1.165, 1.54) is 12.1 Å². The van der Waals surface area contributed by atoms with Crippen LogP contribution in [0.2, 0.25) is 0 Å². The Morgan fingerprint density at radius 2 is 1.92 bits per heavy atom. The van der Waals surface area contributed by atoms with Crippen LogP contribution in [-0.2, 0) is 13.1 Å². The van der Waals surface area contributed by atoms with Crippen LogP contribution < -0.4 is 16.0 Å². The van der Waals surface area contributed by atoms with Gasteiger partial charge in [0.2, 0.25) is 0 Å². The highest BCUT2D eigenvalue weighted by Crippen LogP contribution is 2.30. The third kappa shape index (κ3) is 4.95. The molecule has 0 saturated carbocycles. The van der Waals surface area contributed by atoms with Gasteiger partial charge in [-0.05, 0) is 30.0 Å². The van der Waals surface area contributed by atoms with Gasteiger partial charge in [0, 0.05) is 18.5 Å². The first-order valence-electron chi connectivity index (χ1n) is 8.46. The van der Waals surface area contributed by atoms with Crippen molar-refractivity contribution in [1.82, 2.24) is 4.57 Å². The Kier molecular flexibility index (Phi) is 7.44. The van der Waals surface area contributed by atoms with Gasteiger partial charge in [-0.25, -0.2) is 4.39 Å². The highest BCUT2D eigenvalue weighted by Gasteiger charge is 2.21. The molecule has 0 aliphatic rings. The van der Waals surface area contributed by atoms with Gasteiger partial charge < -0.3 is 15.0 Å². The third-order valence-corrected chi connectivity index (χ3v) is 3.86. The molecule has 0 unspecified atom stereocenters. The first-order chi connectivity index (χ1) is 11.3. The number of rotatable bonds is 6. The minimum atomic E-state index is -0.429. The molecule has 0 fully saturated rings. The van der Waals surface area contributed by atoms with E-state index in [0.29, 0.717) is 35.4 Å². The lowest BCUT2D eigenvalue weighted by Gasteiger charge is -2.25. The number of unbranched alkanes of at least 4 members (excludes halogenated alkanes) is 1. The van der Waals surface area contributed by atoms with Crippen molar-refractivity contribution in [2.75, 3.05) is 6.61 Å². The molecule has 0 aliphatic carbocycles. The number of ether oxygens (including phenoxy) is 1. The first-order valence-corrected chi connectivity index (χ1v) is 8.46. The van der Waals surface area contributed by atoms with Gasteiger partial charge in [-0.3, -0.25) is 4.79 Å². The SMILES string of the molecule is CCCCOc1c(CN)n(CC(C)(C)C)c(=O)c2cc(F)ccc12.Cl. The summed E-state index contributed by atoms with van der Waals surface area (Å²) in [6.07, 6.45) is 1.91. The van der Waals surface area contributed by atoms with Crippen molar-refractivity contribution in [3.8, 4) is 5.75 Å². The predicted octanol–water partition coefficient (Wildman–Crippen LogP) is 4.25. The van der Waals surface area contributed by atoms with Crippen LogP contribution in [0.25, 0.3) is 10.8 Å². The average molecular weight is 371 g/mol. The van der Waals surface area contributed by atoms with E-state index >= 15 is 0 Å². The summed E-state index contributed by atoms with van der Waals surface area (Å²) in [5.74, 6) is 0.173. The minimum absolute atomic E-state index is 0. The maximum absolute atomic E-state index is 13.7. The van der Waals surface area contributed by atoms with Gasteiger partial charge in [-0.15, -0.1) is 12.4 Å². The van der Waals surface area contributed by atoms with Gasteiger partial charge in [0.1, 0.15) is 11.6 Å². The number of fused-ring (bicyclic) bond motifs is 1. The van der Waals surface area contributed by atoms with Crippen molar-refractivity contribution in [3.05, 3.63) is 40.1 Å². The monoisotopic (exact) mass is 370 g/mol. The molecule has 0 bridgehead atoms. The van der Waals surface area contributed by atoms with Crippen LogP contribution in [0.4, 0.5) is 4.39 Å². The van der Waals surface area contributed by atoms with Crippen molar-refractivity contribution in [2.45, 2.75) is 53.6 Å². The second-order valence-electron chi connectivity index (χ2n) is 7.32. The average Bonchev–Trinajstić information content (AvgIpc) is 2.50. The largest absolute Gasteiger partial charge is 0.491 e. The van der Waals surface area contributed by atoms with Gasteiger partial charge in [0.25, 0.3) is 5.56 Å². The number of nitrogens with two attached hydrogens (primary N) is 1. The lowest BCUT2D eigenvalue weighted by Crippen LogP contribution is -2.31. The van der Waals surface area contributed by atoms with Crippen LogP contribution in [0.5, 0.6) is 5.75 Å². The zero-order valence-corrected chi connectivity index (χ0v) is 16.2. The van der Waals surface area contributed by atoms with Gasteiger partial charge in [-0.1, -0.05) is 34.1 Å². The predicted molar refractivity (Wildman–Crippen MR) is 103 cm³/mol. The smallest absolute Gasteiger partial charge is 0.259 e. The Morgan fingerprint density at radius 3 is 2.48 bits per heavy atom. The summed E-state index contributed by atoms with van der Waals surface area (Å²) in [4.78, 5) is 12.9. The number of hydrogen-bond acceptors (Lipinski definition) is 3. The number of hydrogen-bond donors (Lipinski definition) is 1. The molecule has 0 radical (unpaired) electrons. The van der Waals surface area contributed by atoms with E-state index in [2.05, 4.69) is 6.92 Å². The van der Waals surface area contributed by atoms with E-state index < -0.39 is 5.82 Å². The number of aromatic nitrogens is 1. The van der Waals surface area contributed by atoms with Gasteiger partial charge in [0.15, 0.2) is 0 Å². The molecule has 6 heteroatoms. The highest BCUT2D eigenvalue weighted by atomic mass is 35.5. The normalized spacial score (nSPS) is 11.4. The fraction of sp³-hybridized carbons (Fsp3) is 0.526. The molecule has 140 valence electrons. The minimum Gasteiger partial charge on any atom is -0.491 e. The molecule has 25 heavy (non-hydrogen) atoms. The second-order valence-corrected chi connectivity index (χ2v) is 7.32. The molecular weight excluding hydrogens is 343 g/mol. The maximum Gasteiger partial charge on any atom is 0.259 e. The molecule has 0 saturated heterocycles. The molecule has 1 aromatic carbocycles. The summed E-state index contributed by atoms with van der Waals surface area (Å²) >= 11 is 0. The molecule has 4 nitrogen and oxygen atoms in total. The number of halogens is 2. The Morgan fingerprint density at radius 1 is 1.24 bits per heavy atom. The van der Waals surface area contributed by atoms with E-state index in [-0.39, 0.29) is 29.9 Å². The quantitative estimate of drug-likeness (QED) is 0.773. The van der Waals surface area contributed by atoms with E-state index in [1.807, 2.05) is 20.8 Å². The highest BCUT2D eigenvalue weighted by molar-refractivity contribution is 5.88. The van der Waals surface area contributed by atoms with Crippen molar-refractivity contribution in [2.24, 2.45) is 11.1 Å². The molecule has 1 aromatic heterocycles. The summed E-state index contributed by atoms with van der Waals surface area (Å²) in [6, 6.07) is 4.24. The Bertz CT molecular complexity index is 782. The summed E-state index contributed by atoms with van der Waals surface area (Å²) < 4.78 is 21.3. The summed E-state index contributed by atoms with van der Waals surface area (Å²) in [6.45, 7) is 9.47. The molecule has 2 aromatic rings. The van der Waals surface area contributed by atoms with Crippen LogP contribution in [0.3, 0.4) is 0 Å². The van der Waals surface area contributed by atoms with E-state index in [9.17, 15) is 9.18 Å². The lowest BCUT2D eigenvalue weighted by molar-refractivity contribution is 0.295. The van der Waals surface area contributed by atoms with Gasteiger partial charge in [0.05, 0.1) is 17.7 Å². The van der Waals surface area contributed by atoms with Crippen LogP contribution in [0.15, 0.2) is 23.0 Å². The fourth-order valence-corrected chi connectivity index (χ4v) is 2.76. The standard InChI is InChI=1S/C19H27FN2O2.ClH/c1-5-6-9-24-17-14-8-7-13(20)10-15(14)18(23)22(16(17)11-21)12-19(2,3)4;/h7-8,10H,5-6,9,11-12,21H2,1-4H3;1H. The molecule has 0 atom stereocenters. The molecule has 2 rings (SSSR count). The zero-order valence-electron chi connectivity index (χ0n) is 15.4. The number of benzene rings is 1. The number of pyridine rings is 1. The summed E-state index contributed by atoms with van der Waals surface area (Å²) in [7, 11) is 0. The first kappa shape index (κ1) is 21.5. The topological polar surface area (TPSA) is 57.2 Å². The van der Waals surface area contributed by atoms with Crippen LogP contribution in [0.1, 0.15) is 46.2 Å². The maximum atomic E-state index is 13.7. The van der Waals surface area contributed by atoms with E-state index in [0.717, 1.165) is 12.8 Å². The molecule has 0 aliphatic heterocycles. The van der Waals surface area contributed by atoms with Crippen LogP contribution >= 0.6 is 12.4 Å². The summed E-state index contributed by atoms with van der Waals surface area (Å²) in [5.41, 5.74) is 6.29. The van der Waals surface area contributed by atoms with Crippen LogP contribution in [0, 0.1) is 11.2 Å². The van der Waals surface area contributed by atoms with Crippen molar-refractivity contribution < 1.29 is 9.13 Å². The van der Waals surface area contributed by atoms with Gasteiger partial charge in [-0.2, -0.15) is 0 Å². The Labute approximate surface area is 154 Å². The molecule has 1 heterocycles. The molecular formula is C19H28ClFN2O2.